The van der Waals surface area contributed by atoms with Gasteiger partial charge < -0.3 is 9.88 Å². The lowest BCUT2D eigenvalue weighted by Crippen LogP contribution is -2.31. The first-order valence-corrected chi connectivity index (χ1v) is 11.4. The van der Waals surface area contributed by atoms with Crippen molar-refractivity contribution < 1.29 is 17.6 Å². The van der Waals surface area contributed by atoms with Crippen LogP contribution in [-0.4, -0.2) is 41.3 Å². The predicted octanol–water partition coefficient (Wildman–Crippen LogP) is 3.28. The van der Waals surface area contributed by atoms with E-state index in [4.69, 9.17) is 0 Å². The highest BCUT2D eigenvalue weighted by atomic mass is 32.2. The number of hydrogen-bond donors (Lipinski definition) is 1. The maximum absolute atomic E-state index is 14.4. The molecule has 0 unspecified atom stereocenters. The first kappa shape index (κ1) is 22.6. The van der Waals surface area contributed by atoms with E-state index >= 15 is 0 Å². The van der Waals surface area contributed by atoms with Crippen LogP contribution < -0.4 is 5.32 Å². The lowest BCUT2D eigenvalue weighted by Gasteiger charge is -2.19. The van der Waals surface area contributed by atoms with Crippen LogP contribution in [0, 0.1) is 12.7 Å². The number of halogens is 1. The van der Waals surface area contributed by atoms with Crippen molar-refractivity contribution in [1.29, 1.82) is 0 Å². The number of aromatic nitrogens is 2. The highest BCUT2D eigenvalue weighted by Gasteiger charge is 2.23. The van der Waals surface area contributed by atoms with Gasteiger partial charge in [-0.05, 0) is 42.3 Å². The zero-order valence-electron chi connectivity index (χ0n) is 17.7. The van der Waals surface area contributed by atoms with Gasteiger partial charge in [-0.3, -0.25) is 4.79 Å². The number of nitrogens with zero attached hydrogens (tertiary/aromatic N) is 3. The minimum Gasteiger partial charge on any atom is -0.348 e. The van der Waals surface area contributed by atoms with Crippen molar-refractivity contribution in [2.75, 3.05) is 13.1 Å². The van der Waals surface area contributed by atoms with Gasteiger partial charge in [-0.15, -0.1) is 0 Å². The molecule has 1 heterocycles. The molecule has 0 aliphatic heterocycles. The molecule has 7 nitrogen and oxygen atoms in total. The number of hydrogen-bond acceptors (Lipinski definition) is 4. The second-order valence-electron chi connectivity index (χ2n) is 7.00. The smallest absolute Gasteiger partial charge is 0.251 e. The number of sulfonamides is 1. The maximum atomic E-state index is 14.4. The monoisotopic (exact) mass is 444 g/mol. The van der Waals surface area contributed by atoms with Crippen molar-refractivity contribution in [2.45, 2.75) is 32.2 Å². The zero-order chi connectivity index (χ0) is 22.6. The van der Waals surface area contributed by atoms with Crippen LogP contribution in [0.25, 0.3) is 5.69 Å². The topological polar surface area (TPSA) is 84.3 Å². The number of benzene rings is 2. The number of nitrogens with one attached hydrogen (secondary N) is 1. The Kier molecular flexibility index (Phi) is 6.87. The van der Waals surface area contributed by atoms with Crippen LogP contribution in [0.3, 0.4) is 0 Å². The van der Waals surface area contributed by atoms with E-state index in [9.17, 15) is 17.6 Å². The SMILES string of the molecule is CCN(CC)S(=O)(=O)c1ccc(C)c(C(=O)NCc2ccc(-n3ccnc3)c(F)c2)c1. The molecular formula is C22H25FN4O3S. The molecule has 0 saturated carbocycles. The van der Waals surface area contributed by atoms with Gasteiger partial charge in [-0.25, -0.2) is 17.8 Å². The average molecular weight is 445 g/mol. The Labute approximate surface area is 181 Å². The second-order valence-corrected chi connectivity index (χ2v) is 8.94. The maximum Gasteiger partial charge on any atom is 0.251 e. The molecule has 31 heavy (non-hydrogen) atoms. The fourth-order valence-corrected chi connectivity index (χ4v) is 4.75. The zero-order valence-corrected chi connectivity index (χ0v) is 18.5. The molecule has 0 bridgehead atoms. The summed E-state index contributed by atoms with van der Waals surface area (Å²) in [4.78, 5) is 16.7. The third kappa shape index (κ3) is 4.83. The van der Waals surface area contributed by atoms with E-state index in [0.29, 0.717) is 29.9 Å². The second kappa shape index (κ2) is 9.40. The summed E-state index contributed by atoms with van der Waals surface area (Å²) >= 11 is 0. The summed E-state index contributed by atoms with van der Waals surface area (Å²) < 4.78 is 42.9. The van der Waals surface area contributed by atoms with E-state index in [-0.39, 0.29) is 17.0 Å². The molecule has 0 aliphatic carbocycles. The first-order valence-electron chi connectivity index (χ1n) is 9.93. The van der Waals surface area contributed by atoms with Crippen molar-refractivity contribution in [3.63, 3.8) is 0 Å². The molecular weight excluding hydrogens is 419 g/mol. The van der Waals surface area contributed by atoms with Crippen LogP contribution in [0.15, 0.2) is 60.0 Å². The molecule has 0 spiro atoms. The van der Waals surface area contributed by atoms with Crippen molar-refractivity contribution in [3.05, 3.63) is 77.6 Å². The van der Waals surface area contributed by atoms with E-state index in [1.165, 1.54) is 28.8 Å². The molecule has 1 aromatic heterocycles. The Balaban J connectivity index is 1.77. The Morgan fingerprint density at radius 2 is 1.90 bits per heavy atom. The van der Waals surface area contributed by atoms with Crippen molar-refractivity contribution in [2.24, 2.45) is 0 Å². The molecule has 0 atom stereocenters. The summed E-state index contributed by atoms with van der Waals surface area (Å²) in [6, 6.07) is 9.19. The molecule has 9 heteroatoms. The van der Waals surface area contributed by atoms with Crippen LogP contribution in [0.2, 0.25) is 0 Å². The van der Waals surface area contributed by atoms with Gasteiger partial charge in [0.05, 0.1) is 16.9 Å². The third-order valence-corrected chi connectivity index (χ3v) is 7.09. The number of aryl methyl sites for hydroxylation is 1. The molecule has 1 N–H and O–H groups in total. The fourth-order valence-electron chi connectivity index (χ4n) is 3.27. The summed E-state index contributed by atoms with van der Waals surface area (Å²) in [5.41, 5.74) is 1.86. The van der Waals surface area contributed by atoms with E-state index in [1.807, 2.05) is 0 Å². The molecule has 0 radical (unpaired) electrons. The molecule has 0 fully saturated rings. The van der Waals surface area contributed by atoms with E-state index < -0.39 is 21.7 Å². The predicted molar refractivity (Wildman–Crippen MR) is 116 cm³/mol. The summed E-state index contributed by atoms with van der Waals surface area (Å²) in [7, 11) is -3.68. The lowest BCUT2D eigenvalue weighted by molar-refractivity contribution is 0.0950. The van der Waals surface area contributed by atoms with E-state index in [2.05, 4.69) is 10.3 Å². The van der Waals surface area contributed by atoms with Gasteiger partial charge in [0.1, 0.15) is 5.82 Å². The molecule has 0 saturated heterocycles. The summed E-state index contributed by atoms with van der Waals surface area (Å²) in [6.45, 7) is 6.05. The number of carbonyl (C=O) groups excluding carboxylic acids is 1. The van der Waals surface area contributed by atoms with Gasteiger partial charge in [-0.2, -0.15) is 4.31 Å². The van der Waals surface area contributed by atoms with Crippen LogP contribution in [0.5, 0.6) is 0 Å². The van der Waals surface area contributed by atoms with E-state index in [1.54, 1.807) is 55.9 Å². The highest BCUT2D eigenvalue weighted by molar-refractivity contribution is 7.89. The standard InChI is InChI=1S/C22H25FN4O3S/c1-4-27(5-2)31(29,30)18-8-6-16(3)19(13-18)22(28)25-14-17-7-9-21(20(23)12-17)26-11-10-24-15-26/h6-13,15H,4-5,14H2,1-3H3,(H,25,28). The van der Waals surface area contributed by atoms with Gasteiger partial charge >= 0.3 is 0 Å². The summed E-state index contributed by atoms with van der Waals surface area (Å²) in [5.74, 6) is -0.860. The Hall–Kier alpha value is -3.04. The number of carbonyl (C=O) groups is 1. The molecule has 2 aromatic carbocycles. The number of imidazole rings is 1. The summed E-state index contributed by atoms with van der Waals surface area (Å²) in [6.07, 6.45) is 4.70. The normalized spacial score (nSPS) is 11.6. The third-order valence-electron chi connectivity index (χ3n) is 5.04. The largest absolute Gasteiger partial charge is 0.348 e. The first-order chi connectivity index (χ1) is 14.8. The molecule has 164 valence electrons. The Morgan fingerprint density at radius 3 is 2.52 bits per heavy atom. The molecule has 0 aliphatic rings. The molecule has 3 aromatic rings. The van der Waals surface area contributed by atoms with E-state index in [0.717, 1.165) is 0 Å². The highest BCUT2D eigenvalue weighted by Crippen LogP contribution is 2.20. The van der Waals surface area contributed by atoms with Crippen LogP contribution >= 0.6 is 0 Å². The van der Waals surface area contributed by atoms with Gasteiger partial charge in [0.25, 0.3) is 5.91 Å². The van der Waals surface area contributed by atoms with Crippen molar-refractivity contribution in [1.82, 2.24) is 19.2 Å². The lowest BCUT2D eigenvalue weighted by atomic mass is 10.1. The van der Waals surface area contributed by atoms with Gasteiger partial charge in [0, 0.05) is 37.6 Å². The minimum atomic E-state index is -3.68. The summed E-state index contributed by atoms with van der Waals surface area (Å²) in [5, 5.41) is 2.74. The minimum absolute atomic E-state index is 0.0719. The van der Waals surface area contributed by atoms with Crippen molar-refractivity contribution in [3.8, 4) is 5.69 Å². The van der Waals surface area contributed by atoms with Gasteiger partial charge in [0.15, 0.2) is 0 Å². The number of amides is 1. The number of rotatable bonds is 8. The quantitative estimate of drug-likeness (QED) is 0.578. The van der Waals surface area contributed by atoms with Crippen LogP contribution in [0.4, 0.5) is 4.39 Å². The Morgan fingerprint density at radius 1 is 1.16 bits per heavy atom. The molecule has 1 amide bonds. The fraction of sp³-hybridized carbons (Fsp3) is 0.273. The Bertz CT molecular complexity index is 1170. The molecule has 3 rings (SSSR count). The van der Waals surface area contributed by atoms with Crippen LogP contribution in [-0.2, 0) is 16.6 Å². The van der Waals surface area contributed by atoms with Crippen molar-refractivity contribution >= 4 is 15.9 Å². The van der Waals surface area contributed by atoms with Gasteiger partial charge in [-0.1, -0.05) is 26.0 Å². The average Bonchev–Trinajstić information content (AvgIpc) is 3.27. The van der Waals surface area contributed by atoms with Crippen LogP contribution in [0.1, 0.15) is 35.3 Å². The van der Waals surface area contributed by atoms with Gasteiger partial charge in [0.2, 0.25) is 10.0 Å².